The van der Waals surface area contributed by atoms with Crippen molar-refractivity contribution in [1.29, 1.82) is 0 Å². The highest BCUT2D eigenvalue weighted by Crippen LogP contribution is 2.26. The minimum absolute atomic E-state index is 0.0985. The molecule has 0 aromatic heterocycles. The Bertz CT molecular complexity index is 359. The van der Waals surface area contributed by atoms with Crippen LogP contribution in [0.3, 0.4) is 0 Å². The van der Waals surface area contributed by atoms with Crippen molar-refractivity contribution in [3.63, 3.8) is 0 Å². The number of aryl methyl sites for hydroxylation is 1. The molecular formula is C13H15FO. The number of rotatable bonds is 2. The van der Waals surface area contributed by atoms with E-state index < -0.39 is 6.67 Å². The van der Waals surface area contributed by atoms with E-state index in [0.29, 0.717) is 6.42 Å². The third kappa shape index (κ3) is 2.09. The molecule has 0 amide bonds. The number of halogens is 1. The number of alkyl halides is 1. The average Bonchev–Trinajstić information content (AvgIpc) is 2.41. The SMILES string of the molecule is O=C1c2ccccc2CCCC1CCF. The second kappa shape index (κ2) is 4.56. The number of hydrogen-bond acceptors (Lipinski definition) is 1. The van der Waals surface area contributed by atoms with Crippen LogP contribution in [0.25, 0.3) is 0 Å². The van der Waals surface area contributed by atoms with Gasteiger partial charge in [0.2, 0.25) is 0 Å². The lowest BCUT2D eigenvalue weighted by Crippen LogP contribution is -2.14. The second-order valence-corrected chi connectivity index (χ2v) is 4.09. The molecule has 0 aliphatic heterocycles. The van der Waals surface area contributed by atoms with Gasteiger partial charge in [-0.25, -0.2) is 0 Å². The Hall–Kier alpha value is -1.18. The minimum Gasteiger partial charge on any atom is -0.294 e. The zero-order valence-corrected chi connectivity index (χ0v) is 8.71. The summed E-state index contributed by atoms with van der Waals surface area (Å²) in [4.78, 5) is 12.1. The summed E-state index contributed by atoms with van der Waals surface area (Å²) in [5, 5.41) is 0. The van der Waals surface area contributed by atoms with Gasteiger partial charge in [-0.2, -0.15) is 0 Å². The number of carbonyl (C=O) groups excluding carboxylic acids is 1. The molecule has 1 aromatic carbocycles. The molecule has 0 bridgehead atoms. The maximum absolute atomic E-state index is 12.3. The van der Waals surface area contributed by atoms with Gasteiger partial charge in [0.15, 0.2) is 5.78 Å². The van der Waals surface area contributed by atoms with Crippen molar-refractivity contribution in [2.24, 2.45) is 5.92 Å². The van der Waals surface area contributed by atoms with Gasteiger partial charge < -0.3 is 0 Å². The summed E-state index contributed by atoms with van der Waals surface area (Å²) < 4.78 is 12.3. The van der Waals surface area contributed by atoms with Crippen LogP contribution in [0, 0.1) is 5.92 Å². The zero-order chi connectivity index (χ0) is 10.7. The summed E-state index contributed by atoms with van der Waals surface area (Å²) in [6.45, 7) is -0.390. The number of fused-ring (bicyclic) bond motifs is 1. The molecule has 1 unspecified atom stereocenters. The van der Waals surface area contributed by atoms with E-state index in [-0.39, 0.29) is 11.7 Å². The lowest BCUT2D eigenvalue weighted by atomic mass is 9.93. The lowest BCUT2D eigenvalue weighted by molar-refractivity contribution is 0.0903. The molecule has 1 nitrogen and oxygen atoms in total. The Labute approximate surface area is 89.3 Å². The summed E-state index contributed by atoms with van der Waals surface area (Å²) in [7, 11) is 0. The van der Waals surface area contributed by atoms with Crippen molar-refractivity contribution in [2.45, 2.75) is 25.7 Å². The highest BCUT2D eigenvalue weighted by Gasteiger charge is 2.24. The van der Waals surface area contributed by atoms with E-state index in [9.17, 15) is 9.18 Å². The highest BCUT2D eigenvalue weighted by molar-refractivity contribution is 5.99. The zero-order valence-electron chi connectivity index (χ0n) is 8.71. The molecule has 1 aromatic rings. The molecule has 1 aliphatic rings. The van der Waals surface area contributed by atoms with Crippen LogP contribution in [0.2, 0.25) is 0 Å². The molecule has 0 heterocycles. The summed E-state index contributed by atoms with van der Waals surface area (Å²) in [6.07, 6.45) is 3.16. The smallest absolute Gasteiger partial charge is 0.166 e. The third-order valence-corrected chi connectivity index (χ3v) is 3.11. The van der Waals surface area contributed by atoms with Crippen LogP contribution in [0.4, 0.5) is 4.39 Å². The van der Waals surface area contributed by atoms with Crippen molar-refractivity contribution in [2.75, 3.05) is 6.67 Å². The fourth-order valence-electron chi connectivity index (χ4n) is 2.28. The Morgan fingerprint density at radius 2 is 2.13 bits per heavy atom. The Kier molecular flexibility index (Phi) is 3.14. The van der Waals surface area contributed by atoms with Crippen molar-refractivity contribution in [3.05, 3.63) is 35.4 Å². The van der Waals surface area contributed by atoms with Crippen molar-refractivity contribution in [3.8, 4) is 0 Å². The van der Waals surface area contributed by atoms with E-state index >= 15 is 0 Å². The molecule has 15 heavy (non-hydrogen) atoms. The number of benzene rings is 1. The van der Waals surface area contributed by atoms with Crippen LogP contribution in [0.15, 0.2) is 24.3 Å². The van der Waals surface area contributed by atoms with Crippen molar-refractivity contribution >= 4 is 5.78 Å². The molecule has 0 spiro atoms. The summed E-state index contributed by atoms with van der Waals surface area (Å²) in [5.41, 5.74) is 1.94. The maximum atomic E-state index is 12.3. The standard InChI is InChI=1S/C13H15FO/c14-9-8-11-6-3-5-10-4-1-2-7-12(10)13(11)15/h1-2,4,7,11H,3,5-6,8-9H2. The van der Waals surface area contributed by atoms with E-state index in [0.717, 1.165) is 30.4 Å². The maximum Gasteiger partial charge on any atom is 0.166 e. The quantitative estimate of drug-likeness (QED) is 0.679. The minimum atomic E-state index is -0.390. The fourth-order valence-corrected chi connectivity index (χ4v) is 2.28. The van der Waals surface area contributed by atoms with E-state index in [2.05, 4.69) is 0 Å². The summed E-state index contributed by atoms with van der Waals surface area (Å²) >= 11 is 0. The fraction of sp³-hybridized carbons (Fsp3) is 0.462. The van der Waals surface area contributed by atoms with Gasteiger partial charge in [-0.1, -0.05) is 24.3 Å². The number of ketones is 1. The molecule has 80 valence electrons. The normalized spacial score (nSPS) is 20.9. The largest absolute Gasteiger partial charge is 0.294 e. The van der Waals surface area contributed by atoms with Gasteiger partial charge in [0, 0.05) is 11.5 Å². The van der Waals surface area contributed by atoms with Gasteiger partial charge in [0.25, 0.3) is 0 Å². The first-order valence-corrected chi connectivity index (χ1v) is 5.51. The van der Waals surface area contributed by atoms with Crippen LogP contribution in [-0.2, 0) is 6.42 Å². The predicted octanol–water partition coefficient (Wildman–Crippen LogP) is 3.18. The Morgan fingerprint density at radius 3 is 2.93 bits per heavy atom. The van der Waals surface area contributed by atoms with Crippen molar-refractivity contribution in [1.82, 2.24) is 0 Å². The summed E-state index contributed by atoms with van der Waals surface area (Å²) in [6, 6.07) is 7.72. The van der Waals surface area contributed by atoms with Crippen LogP contribution in [0.1, 0.15) is 35.2 Å². The molecule has 0 fully saturated rings. The van der Waals surface area contributed by atoms with Crippen molar-refractivity contribution < 1.29 is 9.18 Å². The van der Waals surface area contributed by atoms with Crippen LogP contribution < -0.4 is 0 Å². The average molecular weight is 206 g/mol. The molecule has 0 saturated carbocycles. The second-order valence-electron chi connectivity index (χ2n) is 4.09. The van der Waals surface area contributed by atoms with E-state index in [4.69, 9.17) is 0 Å². The highest BCUT2D eigenvalue weighted by atomic mass is 19.1. The molecule has 0 N–H and O–H groups in total. The molecule has 2 heteroatoms. The van der Waals surface area contributed by atoms with Crippen LogP contribution in [0.5, 0.6) is 0 Å². The predicted molar refractivity (Wildman–Crippen MR) is 57.8 cm³/mol. The summed E-state index contributed by atoms with van der Waals surface area (Å²) in [5.74, 6) is 0.0411. The third-order valence-electron chi connectivity index (χ3n) is 3.11. The first-order chi connectivity index (χ1) is 7.33. The topological polar surface area (TPSA) is 17.1 Å². The first-order valence-electron chi connectivity index (χ1n) is 5.51. The van der Waals surface area contributed by atoms with Gasteiger partial charge in [-0.3, -0.25) is 9.18 Å². The van der Waals surface area contributed by atoms with Gasteiger partial charge in [-0.05, 0) is 31.2 Å². The van der Waals surface area contributed by atoms with Gasteiger partial charge >= 0.3 is 0 Å². The molecule has 1 aliphatic carbocycles. The molecular weight excluding hydrogens is 191 g/mol. The number of carbonyl (C=O) groups is 1. The monoisotopic (exact) mass is 206 g/mol. The van der Waals surface area contributed by atoms with Gasteiger partial charge in [0.1, 0.15) is 0 Å². The van der Waals surface area contributed by atoms with Gasteiger partial charge in [-0.15, -0.1) is 0 Å². The Balaban J connectivity index is 2.30. The Morgan fingerprint density at radius 1 is 1.33 bits per heavy atom. The molecule has 2 rings (SSSR count). The molecule has 0 radical (unpaired) electrons. The first kappa shape index (κ1) is 10.3. The van der Waals surface area contributed by atoms with E-state index in [1.54, 1.807) is 0 Å². The van der Waals surface area contributed by atoms with Gasteiger partial charge in [0.05, 0.1) is 6.67 Å². The number of hydrogen-bond donors (Lipinski definition) is 0. The number of Topliss-reactive ketones (excluding diaryl/α,β-unsaturated/α-hetero) is 1. The van der Waals surface area contributed by atoms with Crippen LogP contribution >= 0.6 is 0 Å². The van der Waals surface area contributed by atoms with E-state index in [1.807, 2.05) is 24.3 Å². The lowest BCUT2D eigenvalue weighted by Gasteiger charge is -2.10. The van der Waals surface area contributed by atoms with E-state index in [1.165, 1.54) is 0 Å². The molecule has 1 atom stereocenters. The molecule has 0 saturated heterocycles. The van der Waals surface area contributed by atoms with Crippen LogP contribution in [-0.4, -0.2) is 12.5 Å².